The van der Waals surface area contributed by atoms with E-state index in [1.54, 1.807) is 5.56 Å². The quantitative estimate of drug-likeness (QED) is 0.679. The van der Waals surface area contributed by atoms with E-state index in [0.29, 0.717) is 4.83 Å². The maximum Gasteiger partial charge on any atom is 0.0214 e. The van der Waals surface area contributed by atoms with E-state index in [-0.39, 0.29) is 0 Å². The molecule has 88 valence electrons. The van der Waals surface area contributed by atoms with Gasteiger partial charge in [-0.2, -0.15) is 0 Å². The van der Waals surface area contributed by atoms with Crippen molar-refractivity contribution in [3.8, 4) is 0 Å². The topological polar surface area (TPSA) is 0 Å². The summed E-state index contributed by atoms with van der Waals surface area (Å²) < 4.78 is 0. The van der Waals surface area contributed by atoms with Gasteiger partial charge in [-0.1, -0.05) is 66.4 Å². The molecule has 1 aromatic carbocycles. The van der Waals surface area contributed by atoms with E-state index in [1.165, 1.54) is 44.1 Å². The van der Waals surface area contributed by atoms with Crippen LogP contribution < -0.4 is 0 Å². The van der Waals surface area contributed by atoms with Crippen molar-refractivity contribution in [3.63, 3.8) is 0 Å². The van der Waals surface area contributed by atoms with Gasteiger partial charge in [0.1, 0.15) is 0 Å². The standard InChI is InChI=1S/C15H21Br/c1-2-6-12-7-5-8-13(11-12)14-9-3-4-10-15(14)16/h5,7-8,11,14-15H,2-4,6,9-10H2,1H3. The van der Waals surface area contributed by atoms with Gasteiger partial charge in [-0.3, -0.25) is 0 Å². The highest BCUT2D eigenvalue weighted by molar-refractivity contribution is 9.09. The molecule has 0 saturated heterocycles. The third-order valence-corrected chi connectivity index (χ3v) is 4.70. The second kappa shape index (κ2) is 5.86. The molecule has 0 aliphatic heterocycles. The molecule has 1 heteroatoms. The van der Waals surface area contributed by atoms with E-state index >= 15 is 0 Å². The van der Waals surface area contributed by atoms with Gasteiger partial charge in [0.15, 0.2) is 0 Å². The van der Waals surface area contributed by atoms with Gasteiger partial charge in [-0.05, 0) is 36.3 Å². The van der Waals surface area contributed by atoms with Gasteiger partial charge in [-0.15, -0.1) is 0 Å². The van der Waals surface area contributed by atoms with E-state index in [9.17, 15) is 0 Å². The predicted octanol–water partition coefficient (Wildman–Crippen LogP) is 5.06. The zero-order valence-electron chi connectivity index (χ0n) is 10.1. The second-order valence-electron chi connectivity index (χ2n) is 4.90. The average molecular weight is 281 g/mol. The number of benzene rings is 1. The van der Waals surface area contributed by atoms with E-state index in [0.717, 1.165) is 5.92 Å². The summed E-state index contributed by atoms with van der Waals surface area (Å²) in [5.74, 6) is 0.741. The Balaban J connectivity index is 2.15. The number of aryl methyl sites for hydroxylation is 1. The molecule has 0 aromatic heterocycles. The van der Waals surface area contributed by atoms with Gasteiger partial charge >= 0.3 is 0 Å². The predicted molar refractivity (Wildman–Crippen MR) is 74.4 cm³/mol. The fourth-order valence-corrected chi connectivity index (χ4v) is 3.62. The average Bonchev–Trinajstić information content (AvgIpc) is 2.30. The first kappa shape index (κ1) is 12.2. The van der Waals surface area contributed by atoms with E-state index < -0.39 is 0 Å². The van der Waals surface area contributed by atoms with Crippen LogP contribution >= 0.6 is 15.9 Å². The van der Waals surface area contributed by atoms with Crippen LogP contribution in [0.4, 0.5) is 0 Å². The Morgan fingerprint density at radius 3 is 2.81 bits per heavy atom. The van der Waals surface area contributed by atoms with Crippen molar-refractivity contribution in [2.75, 3.05) is 0 Å². The van der Waals surface area contributed by atoms with Crippen LogP contribution in [0.15, 0.2) is 24.3 Å². The lowest BCUT2D eigenvalue weighted by Crippen LogP contribution is -2.17. The summed E-state index contributed by atoms with van der Waals surface area (Å²) in [6, 6.07) is 9.23. The first-order valence-electron chi connectivity index (χ1n) is 6.54. The Morgan fingerprint density at radius 1 is 1.25 bits per heavy atom. The molecule has 0 heterocycles. The van der Waals surface area contributed by atoms with Crippen LogP contribution in [-0.2, 0) is 6.42 Å². The largest absolute Gasteiger partial charge is 0.0884 e. The number of hydrogen-bond acceptors (Lipinski definition) is 0. The van der Waals surface area contributed by atoms with Crippen molar-refractivity contribution in [1.29, 1.82) is 0 Å². The normalized spacial score (nSPS) is 25.6. The maximum atomic E-state index is 3.85. The van der Waals surface area contributed by atoms with Gasteiger partial charge in [0.25, 0.3) is 0 Å². The Bertz CT molecular complexity index is 332. The first-order chi connectivity index (χ1) is 7.81. The number of alkyl halides is 1. The van der Waals surface area contributed by atoms with Crippen LogP contribution in [0.2, 0.25) is 0 Å². The molecule has 1 fully saturated rings. The highest BCUT2D eigenvalue weighted by Gasteiger charge is 2.24. The minimum atomic E-state index is 0.693. The SMILES string of the molecule is CCCc1cccc(C2CCCCC2Br)c1. The summed E-state index contributed by atoms with van der Waals surface area (Å²) >= 11 is 3.85. The minimum Gasteiger partial charge on any atom is -0.0884 e. The molecule has 16 heavy (non-hydrogen) atoms. The van der Waals surface area contributed by atoms with Gasteiger partial charge in [-0.25, -0.2) is 0 Å². The van der Waals surface area contributed by atoms with Crippen molar-refractivity contribution >= 4 is 15.9 Å². The lowest BCUT2D eigenvalue weighted by atomic mass is 9.83. The van der Waals surface area contributed by atoms with Crippen LogP contribution in [-0.4, -0.2) is 4.83 Å². The van der Waals surface area contributed by atoms with Gasteiger partial charge < -0.3 is 0 Å². The molecule has 0 spiro atoms. The monoisotopic (exact) mass is 280 g/mol. The summed E-state index contributed by atoms with van der Waals surface area (Å²) in [5.41, 5.74) is 3.05. The molecule has 1 aliphatic rings. The number of halogens is 1. The molecule has 0 amide bonds. The molecule has 2 atom stereocenters. The summed E-state index contributed by atoms with van der Waals surface area (Å²) in [6.45, 7) is 2.25. The molecule has 1 aromatic rings. The first-order valence-corrected chi connectivity index (χ1v) is 7.45. The minimum absolute atomic E-state index is 0.693. The van der Waals surface area contributed by atoms with Crippen molar-refractivity contribution in [2.45, 2.75) is 56.2 Å². The van der Waals surface area contributed by atoms with E-state index in [4.69, 9.17) is 0 Å². The van der Waals surface area contributed by atoms with Gasteiger partial charge in [0.05, 0.1) is 0 Å². The molecular formula is C15H21Br. The van der Waals surface area contributed by atoms with Crippen LogP contribution in [0.5, 0.6) is 0 Å². The lowest BCUT2D eigenvalue weighted by molar-refractivity contribution is 0.461. The summed E-state index contributed by atoms with van der Waals surface area (Å²) in [7, 11) is 0. The van der Waals surface area contributed by atoms with Crippen molar-refractivity contribution in [2.24, 2.45) is 0 Å². The molecule has 0 nitrogen and oxygen atoms in total. The van der Waals surface area contributed by atoms with Gasteiger partial charge in [0, 0.05) is 4.83 Å². The van der Waals surface area contributed by atoms with Gasteiger partial charge in [0.2, 0.25) is 0 Å². The molecule has 1 saturated carbocycles. The van der Waals surface area contributed by atoms with Crippen LogP contribution in [0.1, 0.15) is 56.1 Å². The summed E-state index contributed by atoms with van der Waals surface area (Å²) in [4.78, 5) is 0.693. The summed E-state index contributed by atoms with van der Waals surface area (Å²) in [6.07, 6.45) is 7.93. The Kier molecular flexibility index (Phi) is 4.45. The van der Waals surface area contributed by atoms with Crippen LogP contribution in [0.3, 0.4) is 0 Å². The van der Waals surface area contributed by atoms with Crippen molar-refractivity contribution < 1.29 is 0 Å². The maximum absolute atomic E-state index is 3.85. The Hall–Kier alpha value is -0.300. The third-order valence-electron chi connectivity index (χ3n) is 3.60. The Morgan fingerprint density at radius 2 is 2.06 bits per heavy atom. The number of hydrogen-bond donors (Lipinski definition) is 0. The highest BCUT2D eigenvalue weighted by atomic mass is 79.9. The molecule has 0 N–H and O–H groups in total. The van der Waals surface area contributed by atoms with E-state index in [1.807, 2.05) is 0 Å². The smallest absolute Gasteiger partial charge is 0.0214 e. The second-order valence-corrected chi connectivity index (χ2v) is 6.08. The third kappa shape index (κ3) is 2.88. The van der Waals surface area contributed by atoms with Crippen molar-refractivity contribution in [3.05, 3.63) is 35.4 Å². The Labute approximate surface area is 108 Å². The molecule has 0 radical (unpaired) electrons. The van der Waals surface area contributed by atoms with Crippen LogP contribution in [0.25, 0.3) is 0 Å². The molecule has 2 rings (SSSR count). The van der Waals surface area contributed by atoms with E-state index in [2.05, 4.69) is 47.1 Å². The van der Waals surface area contributed by atoms with Crippen molar-refractivity contribution in [1.82, 2.24) is 0 Å². The fourth-order valence-electron chi connectivity index (χ4n) is 2.73. The lowest BCUT2D eigenvalue weighted by Gasteiger charge is -2.28. The zero-order chi connectivity index (χ0) is 11.4. The number of rotatable bonds is 3. The molecular weight excluding hydrogens is 260 g/mol. The highest BCUT2D eigenvalue weighted by Crippen LogP contribution is 2.37. The molecule has 1 aliphatic carbocycles. The molecule has 2 unspecified atom stereocenters. The summed E-state index contributed by atoms with van der Waals surface area (Å²) in [5, 5.41) is 0. The zero-order valence-corrected chi connectivity index (χ0v) is 11.7. The molecule has 0 bridgehead atoms. The fraction of sp³-hybridized carbons (Fsp3) is 0.600. The van der Waals surface area contributed by atoms with Crippen LogP contribution in [0, 0.1) is 0 Å².